The predicted molar refractivity (Wildman–Crippen MR) is 70.0 cm³/mol. The lowest BCUT2D eigenvalue weighted by atomic mass is 9.98. The Balaban J connectivity index is 1.85. The van der Waals surface area contributed by atoms with E-state index in [0.29, 0.717) is 0 Å². The summed E-state index contributed by atoms with van der Waals surface area (Å²) in [7, 11) is 2.04. The molecule has 1 aromatic rings. The zero-order chi connectivity index (χ0) is 12.1. The Bertz CT molecular complexity index is 333. The van der Waals surface area contributed by atoms with Crippen LogP contribution in [0.2, 0.25) is 0 Å². The van der Waals surface area contributed by atoms with E-state index in [9.17, 15) is 0 Å². The molecule has 1 N–H and O–H groups in total. The number of hydrogen-bond donors (Lipinski definition) is 1. The van der Waals surface area contributed by atoms with Gasteiger partial charge in [0, 0.05) is 13.0 Å². The largest absolute Gasteiger partial charge is 0.465 e. The van der Waals surface area contributed by atoms with E-state index < -0.39 is 0 Å². The lowest BCUT2D eigenvalue weighted by Gasteiger charge is -2.32. The SMILES string of the molecule is CCc1ccc(CN2CCCC(CNC)C2)o1. The molecule has 0 aromatic carbocycles. The number of aryl methyl sites for hydroxylation is 1. The average Bonchev–Trinajstić information content (AvgIpc) is 2.78. The minimum absolute atomic E-state index is 0.800. The molecule has 2 rings (SSSR count). The van der Waals surface area contributed by atoms with Crippen LogP contribution in [0.1, 0.15) is 31.3 Å². The monoisotopic (exact) mass is 236 g/mol. The molecule has 1 saturated heterocycles. The van der Waals surface area contributed by atoms with E-state index in [2.05, 4.69) is 29.3 Å². The van der Waals surface area contributed by atoms with Crippen LogP contribution in [-0.2, 0) is 13.0 Å². The lowest BCUT2D eigenvalue weighted by Crippen LogP contribution is -2.38. The molecule has 2 heterocycles. The topological polar surface area (TPSA) is 28.4 Å². The molecular weight excluding hydrogens is 212 g/mol. The fourth-order valence-electron chi connectivity index (χ4n) is 2.67. The summed E-state index contributed by atoms with van der Waals surface area (Å²) in [6, 6.07) is 4.23. The van der Waals surface area contributed by atoms with E-state index in [-0.39, 0.29) is 0 Å². The molecule has 1 unspecified atom stereocenters. The van der Waals surface area contributed by atoms with Crippen molar-refractivity contribution >= 4 is 0 Å². The van der Waals surface area contributed by atoms with Crippen LogP contribution < -0.4 is 5.32 Å². The summed E-state index contributed by atoms with van der Waals surface area (Å²) < 4.78 is 5.77. The molecule has 17 heavy (non-hydrogen) atoms. The minimum Gasteiger partial charge on any atom is -0.465 e. The molecule has 1 aromatic heterocycles. The minimum atomic E-state index is 0.800. The normalized spacial score (nSPS) is 21.9. The number of nitrogens with zero attached hydrogens (tertiary/aromatic N) is 1. The van der Waals surface area contributed by atoms with Gasteiger partial charge in [0.2, 0.25) is 0 Å². The van der Waals surface area contributed by atoms with Crippen LogP contribution in [0.3, 0.4) is 0 Å². The van der Waals surface area contributed by atoms with Crippen LogP contribution in [0.5, 0.6) is 0 Å². The highest BCUT2D eigenvalue weighted by Gasteiger charge is 2.20. The van der Waals surface area contributed by atoms with Gasteiger partial charge in [0.25, 0.3) is 0 Å². The highest BCUT2D eigenvalue weighted by Crippen LogP contribution is 2.19. The van der Waals surface area contributed by atoms with Gasteiger partial charge in [0.15, 0.2) is 0 Å². The highest BCUT2D eigenvalue weighted by molar-refractivity contribution is 5.07. The van der Waals surface area contributed by atoms with Crippen molar-refractivity contribution in [3.8, 4) is 0 Å². The van der Waals surface area contributed by atoms with Gasteiger partial charge in [-0.05, 0) is 51.0 Å². The van der Waals surface area contributed by atoms with E-state index in [1.54, 1.807) is 0 Å². The fraction of sp³-hybridized carbons (Fsp3) is 0.714. The summed E-state index contributed by atoms with van der Waals surface area (Å²) in [6.07, 6.45) is 3.66. The summed E-state index contributed by atoms with van der Waals surface area (Å²) in [5, 5.41) is 3.28. The Morgan fingerprint density at radius 1 is 1.41 bits per heavy atom. The number of furan rings is 1. The van der Waals surface area contributed by atoms with Gasteiger partial charge in [0.05, 0.1) is 6.54 Å². The van der Waals surface area contributed by atoms with Crippen molar-refractivity contribution in [1.29, 1.82) is 0 Å². The quantitative estimate of drug-likeness (QED) is 0.850. The Kier molecular flexibility index (Phi) is 4.63. The molecule has 1 fully saturated rings. The molecule has 0 amide bonds. The van der Waals surface area contributed by atoms with E-state index in [4.69, 9.17) is 4.42 Å². The lowest BCUT2D eigenvalue weighted by molar-refractivity contribution is 0.156. The first-order valence-corrected chi connectivity index (χ1v) is 6.76. The molecule has 3 nitrogen and oxygen atoms in total. The number of nitrogens with one attached hydrogen (secondary N) is 1. The zero-order valence-corrected chi connectivity index (χ0v) is 11.0. The summed E-state index contributed by atoms with van der Waals surface area (Å²) >= 11 is 0. The Hall–Kier alpha value is -0.800. The van der Waals surface area contributed by atoms with Gasteiger partial charge in [-0.15, -0.1) is 0 Å². The number of piperidine rings is 1. The smallest absolute Gasteiger partial charge is 0.118 e. The molecule has 0 bridgehead atoms. The third-order valence-corrected chi connectivity index (χ3v) is 3.54. The van der Waals surface area contributed by atoms with Gasteiger partial charge < -0.3 is 9.73 Å². The first kappa shape index (κ1) is 12.7. The van der Waals surface area contributed by atoms with E-state index in [1.807, 2.05) is 7.05 Å². The van der Waals surface area contributed by atoms with E-state index in [0.717, 1.165) is 36.9 Å². The van der Waals surface area contributed by atoms with Crippen LogP contribution in [0.4, 0.5) is 0 Å². The molecule has 0 saturated carbocycles. The van der Waals surface area contributed by atoms with Gasteiger partial charge in [-0.25, -0.2) is 0 Å². The van der Waals surface area contributed by atoms with Crippen LogP contribution >= 0.6 is 0 Å². The first-order chi connectivity index (χ1) is 8.31. The zero-order valence-electron chi connectivity index (χ0n) is 11.0. The van der Waals surface area contributed by atoms with Gasteiger partial charge in [0.1, 0.15) is 11.5 Å². The standard InChI is InChI=1S/C14H24N2O/c1-3-13-6-7-14(17-13)11-16-8-4-5-12(10-16)9-15-2/h6-7,12,15H,3-5,8-11H2,1-2H3. The number of hydrogen-bond acceptors (Lipinski definition) is 3. The molecule has 96 valence electrons. The second-order valence-corrected chi connectivity index (χ2v) is 5.02. The van der Waals surface area contributed by atoms with Crippen molar-refractivity contribution in [2.75, 3.05) is 26.7 Å². The molecule has 1 aliphatic heterocycles. The number of rotatable bonds is 5. The van der Waals surface area contributed by atoms with Crippen LogP contribution in [0.15, 0.2) is 16.5 Å². The second kappa shape index (κ2) is 6.22. The van der Waals surface area contributed by atoms with Crippen molar-refractivity contribution in [3.63, 3.8) is 0 Å². The summed E-state index contributed by atoms with van der Waals surface area (Å²) in [4.78, 5) is 2.52. The van der Waals surface area contributed by atoms with Gasteiger partial charge in [-0.2, -0.15) is 0 Å². The second-order valence-electron chi connectivity index (χ2n) is 5.02. The fourth-order valence-corrected chi connectivity index (χ4v) is 2.67. The number of likely N-dealkylation sites (tertiary alicyclic amines) is 1. The van der Waals surface area contributed by atoms with Crippen molar-refractivity contribution < 1.29 is 4.42 Å². The van der Waals surface area contributed by atoms with Gasteiger partial charge in [-0.3, -0.25) is 4.90 Å². The Labute approximate surface area is 104 Å². The van der Waals surface area contributed by atoms with E-state index >= 15 is 0 Å². The molecule has 1 aliphatic rings. The van der Waals surface area contributed by atoms with Crippen LogP contribution in [0.25, 0.3) is 0 Å². The maximum Gasteiger partial charge on any atom is 0.118 e. The third kappa shape index (κ3) is 3.58. The first-order valence-electron chi connectivity index (χ1n) is 6.76. The van der Waals surface area contributed by atoms with Crippen LogP contribution in [-0.4, -0.2) is 31.6 Å². The molecule has 1 atom stereocenters. The van der Waals surface area contributed by atoms with Crippen molar-refractivity contribution in [3.05, 3.63) is 23.7 Å². The predicted octanol–water partition coefficient (Wildman–Crippen LogP) is 2.27. The van der Waals surface area contributed by atoms with Crippen LogP contribution in [0, 0.1) is 5.92 Å². The Morgan fingerprint density at radius 2 is 2.24 bits per heavy atom. The van der Waals surface area contributed by atoms with E-state index in [1.165, 1.54) is 25.9 Å². The van der Waals surface area contributed by atoms with Crippen molar-refractivity contribution in [1.82, 2.24) is 10.2 Å². The maximum atomic E-state index is 5.77. The third-order valence-electron chi connectivity index (χ3n) is 3.54. The maximum absolute atomic E-state index is 5.77. The molecule has 0 aliphatic carbocycles. The summed E-state index contributed by atoms with van der Waals surface area (Å²) in [5.74, 6) is 3.02. The average molecular weight is 236 g/mol. The highest BCUT2D eigenvalue weighted by atomic mass is 16.3. The molecule has 0 spiro atoms. The summed E-state index contributed by atoms with van der Waals surface area (Å²) in [6.45, 7) is 6.65. The van der Waals surface area contributed by atoms with Crippen molar-refractivity contribution in [2.24, 2.45) is 5.92 Å². The van der Waals surface area contributed by atoms with Gasteiger partial charge >= 0.3 is 0 Å². The molecule has 3 heteroatoms. The van der Waals surface area contributed by atoms with Gasteiger partial charge in [-0.1, -0.05) is 6.92 Å². The molecule has 0 radical (unpaired) electrons. The molecular formula is C14H24N2O. The van der Waals surface area contributed by atoms with Crippen molar-refractivity contribution in [2.45, 2.75) is 32.7 Å². The Morgan fingerprint density at radius 3 is 2.94 bits per heavy atom. The summed E-state index contributed by atoms with van der Waals surface area (Å²) in [5.41, 5.74) is 0.